The molecule has 0 aliphatic carbocycles. The van der Waals surface area contributed by atoms with Crippen LogP contribution in [0.15, 0.2) is 89.8 Å². The molecule has 0 saturated carbocycles. The third-order valence-corrected chi connectivity index (χ3v) is 8.67. The van der Waals surface area contributed by atoms with Gasteiger partial charge in [0.25, 0.3) is 0 Å². The molecule has 0 aliphatic heterocycles. The Hall–Kier alpha value is -1.47. The van der Waals surface area contributed by atoms with E-state index in [1.165, 1.54) is 0 Å². The van der Waals surface area contributed by atoms with Gasteiger partial charge >= 0.3 is 0 Å². The summed E-state index contributed by atoms with van der Waals surface area (Å²) in [6, 6.07) is 27.1. The Morgan fingerprint density at radius 3 is 1.70 bits per heavy atom. The lowest BCUT2D eigenvalue weighted by molar-refractivity contribution is 0.590. The molecule has 3 aromatic carbocycles. The number of thioether (sulfide) groups is 1. The van der Waals surface area contributed by atoms with Crippen molar-refractivity contribution in [3.05, 3.63) is 90.0 Å². The zero-order chi connectivity index (χ0) is 16.1. The van der Waals surface area contributed by atoms with Crippen molar-refractivity contribution in [1.82, 2.24) is 0 Å². The molecule has 0 aliphatic rings. The molecule has 0 radical (unpaired) electrons. The van der Waals surface area contributed by atoms with Gasteiger partial charge in [-0.15, -0.1) is 11.8 Å². The molecule has 0 atom stereocenters. The summed E-state index contributed by atoms with van der Waals surface area (Å²) in [5.41, 5.74) is 0.530. The third kappa shape index (κ3) is 3.90. The maximum atomic E-state index is 13.8. The lowest BCUT2D eigenvalue weighted by Crippen LogP contribution is -2.17. The normalized spacial score (nSPS) is 11.3. The fourth-order valence-corrected chi connectivity index (χ4v) is 6.91. The summed E-state index contributed by atoms with van der Waals surface area (Å²) >= 11 is 7.53. The van der Waals surface area contributed by atoms with E-state index in [1.807, 2.05) is 84.9 Å². The molecule has 0 amide bonds. The number of halogens is 1. The minimum Gasteiger partial charge on any atom is -0.313 e. The molecule has 1 nitrogen and oxygen atoms in total. The molecule has 0 saturated heterocycles. The van der Waals surface area contributed by atoms with Crippen molar-refractivity contribution in [3.8, 4) is 0 Å². The predicted octanol–water partition coefficient (Wildman–Crippen LogP) is 5.40. The van der Waals surface area contributed by atoms with Gasteiger partial charge in [0.05, 0.1) is 5.49 Å². The zero-order valence-corrected chi connectivity index (χ0v) is 14.9. The third-order valence-electron chi connectivity index (χ3n) is 3.57. The fourth-order valence-electron chi connectivity index (χ4n) is 2.33. The van der Waals surface area contributed by atoms with E-state index in [9.17, 15) is 4.57 Å². The van der Waals surface area contributed by atoms with Gasteiger partial charge < -0.3 is 4.57 Å². The van der Waals surface area contributed by atoms with E-state index in [0.717, 1.165) is 15.5 Å². The van der Waals surface area contributed by atoms with Gasteiger partial charge in [-0.1, -0.05) is 72.3 Å². The van der Waals surface area contributed by atoms with Gasteiger partial charge in [-0.05, 0) is 24.3 Å². The van der Waals surface area contributed by atoms with Crippen molar-refractivity contribution in [2.75, 3.05) is 5.49 Å². The second-order valence-corrected chi connectivity index (χ2v) is 9.88. The number of benzene rings is 3. The van der Waals surface area contributed by atoms with Crippen LogP contribution in [0, 0.1) is 0 Å². The maximum Gasteiger partial charge on any atom is 0.153 e. The molecule has 0 fully saturated rings. The molecule has 4 heteroatoms. The Labute approximate surface area is 146 Å². The molecular weight excluding hydrogens is 343 g/mol. The van der Waals surface area contributed by atoms with Crippen LogP contribution in [0.1, 0.15) is 0 Å². The minimum atomic E-state index is -2.67. The highest BCUT2D eigenvalue weighted by Crippen LogP contribution is 2.48. The molecule has 0 heterocycles. The Morgan fingerprint density at radius 2 is 1.22 bits per heavy atom. The van der Waals surface area contributed by atoms with Gasteiger partial charge in [-0.3, -0.25) is 0 Å². The quantitative estimate of drug-likeness (QED) is 0.448. The van der Waals surface area contributed by atoms with Gasteiger partial charge in [0, 0.05) is 20.5 Å². The molecule has 3 aromatic rings. The first-order valence-corrected chi connectivity index (χ1v) is 10.5. The van der Waals surface area contributed by atoms with Crippen molar-refractivity contribution in [2.24, 2.45) is 0 Å². The van der Waals surface area contributed by atoms with E-state index in [0.29, 0.717) is 10.5 Å². The molecule has 0 spiro atoms. The van der Waals surface area contributed by atoms with E-state index in [2.05, 4.69) is 0 Å². The van der Waals surface area contributed by atoms with E-state index >= 15 is 0 Å². The van der Waals surface area contributed by atoms with Gasteiger partial charge in [-0.2, -0.15) is 0 Å². The van der Waals surface area contributed by atoms with Crippen LogP contribution in [-0.2, 0) is 4.57 Å². The number of hydrogen-bond acceptors (Lipinski definition) is 2. The number of hydrogen-bond donors (Lipinski definition) is 0. The first-order valence-electron chi connectivity index (χ1n) is 7.27. The highest BCUT2D eigenvalue weighted by Gasteiger charge is 2.27. The lowest BCUT2D eigenvalue weighted by Gasteiger charge is -2.19. The van der Waals surface area contributed by atoms with E-state index in [4.69, 9.17) is 11.6 Å². The van der Waals surface area contributed by atoms with Gasteiger partial charge in [0.2, 0.25) is 0 Å². The molecule has 3 rings (SSSR count). The van der Waals surface area contributed by atoms with Gasteiger partial charge in [0.15, 0.2) is 7.14 Å². The average molecular weight is 359 g/mol. The molecule has 0 aromatic heterocycles. The summed E-state index contributed by atoms with van der Waals surface area (Å²) in [5, 5.41) is 2.50. The molecular formula is C19H16ClOPS. The molecule has 0 N–H and O–H groups in total. The van der Waals surface area contributed by atoms with Crippen molar-refractivity contribution in [1.29, 1.82) is 0 Å². The topological polar surface area (TPSA) is 17.1 Å². The fraction of sp³-hybridized carbons (Fsp3) is 0.0526. The van der Waals surface area contributed by atoms with Gasteiger partial charge in [0.1, 0.15) is 0 Å². The Balaban J connectivity index is 1.93. The van der Waals surface area contributed by atoms with Crippen LogP contribution in [0.5, 0.6) is 0 Å². The summed E-state index contributed by atoms with van der Waals surface area (Å²) in [5.74, 6) is 0. The Bertz CT molecular complexity index is 760. The Kier molecular flexibility index (Phi) is 5.27. The van der Waals surface area contributed by atoms with E-state index in [-0.39, 0.29) is 0 Å². The largest absolute Gasteiger partial charge is 0.313 e. The van der Waals surface area contributed by atoms with E-state index in [1.54, 1.807) is 11.8 Å². The summed E-state index contributed by atoms with van der Waals surface area (Å²) in [4.78, 5) is 1.07. The van der Waals surface area contributed by atoms with Crippen LogP contribution in [0.3, 0.4) is 0 Å². The smallest absolute Gasteiger partial charge is 0.153 e. The van der Waals surface area contributed by atoms with E-state index < -0.39 is 7.14 Å². The standard InChI is InChI=1S/C19H16ClOPS/c20-16-11-13-19(14-12-16)23-15-22(21,17-7-3-1-4-8-17)18-9-5-2-6-10-18/h1-14H,15H2. The van der Waals surface area contributed by atoms with Crippen molar-refractivity contribution in [3.63, 3.8) is 0 Å². The second kappa shape index (κ2) is 7.40. The average Bonchev–Trinajstić information content (AvgIpc) is 2.62. The Morgan fingerprint density at radius 1 is 0.739 bits per heavy atom. The summed E-state index contributed by atoms with van der Waals surface area (Å²) in [6.07, 6.45) is 0. The van der Waals surface area contributed by atoms with Crippen LogP contribution in [0.4, 0.5) is 0 Å². The minimum absolute atomic E-state index is 0.530. The SMILES string of the molecule is O=P(CSc1ccc(Cl)cc1)(c1ccccc1)c1ccccc1. The van der Waals surface area contributed by atoms with Crippen LogP contribution < -0.4 is 10.6 Å². The summed E-state index contributed by atoms with van der Waals surface area (Å²) in [6.45, 7) is 0. The van der Waals surface area contributed by atoms with Crippen LogP contribution in [-0.4, -0.2) is 5.49 Å². The number of rotatable bonds is 5. The monoisotopic (exact) mass is 358 g/mol. The van der Waals surface area contributed by atoms with Crippen molar-refractivity contribution in [2.45, 2.75) is 4.90 Å². The molecule has 23 heavy (non-hydrogen) atoms. The predicted molar refractivity (Wildman–Crippen MR) is 102 cm³/mol. The molecule has 116 valence electrons. The molecule has 0 bridgehead atoms. The highest BCUT2D eigenvalue weighted by molar-refractivity contribution is 8.07. The van der Waals surface area contributed by atoms with Crippen molar-refractivity contribution >= 4 is 41.1 Å². The first-order chi connectivity index (χ1) is 11.2. The van der Waals surface area contributed by atoms with Crippen LogP contribution >= 0.6 is 30.5 Å². The maximum absolute atomic E-state index is 13.8. The lowest BCUT2D eigenvalue weighted by atomic mass is 10.4. The van der Waals surface area contributed by atoms with Gasteiger partial charge in [-0.25, -0.2) is 0 Å². The summed E-state index contributed by atoms with van der Waals surface area (Å²) in [7, 11) is -2.67. The zero-order valence-electron chi connectivity index (χ0n) is 12.4. The van der Waals surface area contributed by atoms with Crippen LogP contribution in [0.2, 0.25) is 5.02 Å². The summed E-state index contributed by atoms with van der Waals surface area (Å²) < 4.78 is 13.8. The highest BCUT2D eigenvalue weighted by atomic mass is 35.5. The van der Waals surface area contributed by atoms with Crippen molar-refractivity contribution < 1.29 is 4.57 Å². The molecule has 0 unspecified atom stereocenters. The second-order valence-electron chi connectivity index (χ2n) is 5.14. The first kappa shape index (κ1) is 16.4. The van der Waals surface area contributed by atoms with Crippen LogP contribution in [0.25, 0.3) is 0 Å².